The van der Waals surface area contributed by atoms with Gasteiger partial charge in [0.15, 0.2) is 0 Å². The number of hydrogen-bond acceptors (Lipinski definition) is 2. The van der Waals surface area contributed by atoms with Crippen LogP contribution in [0.1, 0.15) is 25.8 Å². The van der Waals surface area contributed by atoms with Crippen LogP contribution >= 0.6 is 11.6 Å². The number of benzene rings is 1. The van der Waals surface area contributed by atoms with Gasteiger partial charge in [-0.3, -0.25) is 9.69 Å². The summed E-state index contributed by atoms with van der Waals surface area (Å²) in [5.74, 6) is -1.28. The van der Waals surface area contributed by atoms with Gasteiger partial charge in [-0.15, -0.1) is 0 Å². The molecule has 5 heteroatoms. The molecule has 0 aliphatic rings. The highest BCUT2D eigenvalue weighted by Crippen LogP contribution is 2.20. The summed E-state index contributed by atoms with van der Waals surface area (Å²) in [6.45, 7) is 4.64. The molecule has 0 aromatic heterocycles. The summed E-state index contributed by atoms with van der Waals surface area (Å²) >= 11 is 5.72. The molecule has 0 saturated heterocycles. The highest BCUT2D eigenvalue weighted by Gasteiger charge is 2.15. The van der Waals surface area contributed by atoms with Crippen molar-refractivity contribution in [3.8, 4) is 0 Å². The lowest BCUT2D eigenvalue weighted by Crippen LogP contribution is -2.32. The van der Waals surface area contributed by atoms with Gasteiger partial charge in [0, 0.05) is 24.7 Å². The maximum absolute atomic E-state index is 13.7. The second kappa shape index (κ2) is 6.71. The van der Waals surface area contributed by atoms with Crippen LogP contribution in [0.25, 0.3) is 0 Å². The summed E-state index contributed by atoms with van der Waals surface area (Å²) in [5, 5.41) is 8.78. The van der Waals surface area contributed by atoms with Crippen molar-refractivity contribution in [1.82, 2.24) is 4.90 Å². The topological polar surface area (TPSA) is 40.5 Å². The third kappa shape index (κ3) is 4.27. The van der Waals surface area contributed by atoms with E-state index in [-0.39, 0.29) is 17.5 Å². The zero-order valence-electron chi connectivity index (χ0n) is 10.5. The Bertz CT molecular complexity index is 423. The van der Waals surface area contributed by atoms with Gasteiger partial charge in [0.05, 0.1) is 11.4 Å². The van der Waals surface area contributed by atoms with Crippen molar-refractivity contribution in [3.63, 3.8) is 0 Å². The van der Waals surface area contributed by atoms with Crippen molar-refractivity contribution in [2.24, 2.45) is 0 Å². The fourth-order valence-electron chi connectivity index (χ4n) is 1.65. The minimum Gasteiger partial charge on any atom is -0.481 e. The smallest absolute Gasteiger partial charge is 0.304 e. The van der Waals surface area contributed by atoms with Crippen molar-refractivity contribution in [2.45, 2.75) is 32.9 Å². The van der Waals surface area contributed by atoms with Crippen LogP contribution in [-0.4, -0.2) is 28.6 Å². The normalized spacial score (nSPS) is 11.2. The van der Waals surface area contributed by atoms with E-state index in [0.717, 1.165) is 0 Å². The Kier molecular flexibility index (Phi) is 5.56. The van der Waals surface area contributed by atoms with Crippen LogP contribution in [0.5, 0.6) is 0 Å². The van der Waals surface area contributed by atoms with Crippen molar-refractivity contribution in [1.29, 1.82) is 0 Å². The van der Waals surface area contributed by atoms with E-state index in [1.807, 2.05) is 18.7 Å². The van der Waals surface area contributed by atoms with E-state index < -0.39 is 11.8 Å². The van der Waals surface area contributed by atoms with Crippen LogP contribution in [0.4, 0.5) is 4.39 Å². The predicted molar refractivity (Wildman–Crippen MR) is 69.2 cm³/mol. The van der Waals surface area contributed by atoms with Crippen LogP contribution in [-0.2, 0) is 11.3 Å². The minimum absolute atomic E-state index is 0.0420. The summed E-state index contributed by atoms with van der Waals surface area (Å²) in [7, 11) is 0. The molecular weight excluding hydrogens is 257 g/mol. The molecule has 0 unspecified atom stereocenters. The first-order valence-electron chi connectivity index (χ1n) is 5.80. The molecule has 1 N–H and O–H groups in total. The molecular formula is C13H17ClFNO2. The molecule has 0 bridgehead atoms. The number of carbonyl (C=O) groups is 1. The van der Waals surface area contributed by atoms with Gasteiger partial charge in [-0.05, 0) is 19.9 Å². The minimum atomic E-state index is -0.854. The molecule has 3 nitrogen and oxygen atoms in total. The van der Waals surface area contributed by atoms with Gasteiger partial charge in [-0.25, -0.2) is 4.39 Å². The number of nitrogens with zero attached hydrogens (tertiary/aromatic N) is 1. The van der Waals surface area contributed by atoms with E-state index in [0.29, 0.717) is 18.7 Å². The number of carboxylic acids is 1. The van der Waals surface area contributed by atoms with Crippen molar-refractivity contribution in [3.05, 3.63) is 34.6 Å². The maximum Gasteiger partial charge on any atom is 0.304 e. The zero-order valence-corrected chi connectivity index (χ0v) is 11.2. The molecule has 0 aliphatic carbocycles. The Balaban J connectivity index is 2.77. The molecule has 0 fully saturated rings. The number of aliphatic carboxylic acids is 1. The number of carboxylic acid groups (broad SMARTS) is 1. The Morgan fingerprint density at radius 3 is 2.72 bits per heavy atom. The second-order valence-electron chi connectivity index (χ2n) is 4.42. The fourth-order valence-corrected chi connectivity index (χ4v) is 1.84. The first-order valence-corrected chi connectivity index (χ1v) is 6.18. The van der Waals surface area contributed by atoms with Crippen LogP contribution in [0.2, 0.25) is 5.02 Å². The summed E-state index contributed by atoms with van der Waals surface area (Å²) in [6.07, 6.45) is 0.0420. The highest BCUT2D eigenvalue weighted by atomic mass is 35.5. The molecule has 0 heterocycles. The van der Waals surface area contributed by atoms with Gasteiger partial charge in [-0.2, -0.15) is 0 Å². The van der Waals surface area contributed by atoms with Gasteiger partial charge < -0.3 is 5.11 Å². The van der Waals surface area contributed by atoms with E-state index in [1.54, 1.807) is 12.1 Å². The molecule has 0 aliphatic heterocycles. The van der Waals surface area contributed by atoms with Crippen LogP contribution < -0.4 is 0 Å². The molecule has 0 saturated carbocycles. The lowest BCUT2D eigenvalue weighted by molar-refractivity contribution is -0.137. The Hall–Kier alpha value is -1.13. The van der Waals surface area contributed by atoms with Crippen LogP contribution in [0, 0.1) is 5.82 Å². The SMILES string of the molecule is CC(C)N(CCC(=O)O)Cc1cccc(Cl)c1F. The first-order chi connectivity index (χ1) is 8.41. The van der Waals surface area contributed by atoms with E-state index in [4.69, 9.17) is 16.7 Å². The standard InChI is InChI=1S/C13H17ClFNO2/c1-9(2)16(7-6-12(17)18)8-10-4-3-5-11(14)13(10)15/h3-5,9H,6-8H2,1-2H3,(H,17,18). The van der Waals surface area contributed by atoms with Crippen molar-refractivity contribution < 1.29 is 14.3 Å². The number of halogens is 2. The quantitative estimate of drug-likeness (QED) is 0.865. The molecule has 0 radical (unpaired) electrons. The lowest BCUT2D eigenvalue weighted by Gasteiger charge is -2.26. The monoisotopic (exact) mass is 273 g/mol. The van der Waals surface area contributed by atoms with Crippen LogP contribution in [0.15, 0.2) is 18.2 Å². The largest absolute Gasteiger partial charge is 0.481 e. The van der Waals surface area contributed by atoms with Gasteiger partial charge in [0.2, 0.25) is 0 Å². The van der Waals surface area contributed by atoms with Gasteiger partial charge in [-0.1, -0.05) is 23.7 Å². The highest BCUT2D eigenvalue weighted by molar-refractivity contribution is 6.30. The summed E-state index contributed by atoms with van der Waals surface area (Å²) < 4.78 is 13.7. The van der Waals surface area contributed by atoms with Gasteiger partial charge >= 0.3 is 5.97 Å². The summed E-state index contributed by atoms with van der Waals surface area (Å²) in [4.78, 5) is 12.5. The van der Waals surface area contributed by atoms with Crippen molar-refractivity contribution in [2.75, 3.05) is 6.54 Å². The van der Waals surface area contributed by atoms with E-state index in [1.165, 1.54) is 6.07 Å². The summed E-state index contributed by atoms with van der Waals surface area (Å²) in [5.41, 5.74) is 0.488. The third-order valence-electron chi connectivity index (χ3n) is 2.75. The summed E-state index contributed by atoms with van der Waals surface area (Å²) in [6, 6.07) is 4.99. The predicted octanol–water partition coefficient (Wildman–Crippen LogP) is 3.16. The maximum atomic E-state index is 13.7. The van der Waals surface area contributed by atoms with Crippen molar-refractivity contribution >= 4 is 17.6 Å². The lowest BCUT2D eigenvalue weighted by atomic mass is 10.1. The molecule has 0 spiro atoms. The number of rotatable bonds is 6. The molecule has 1 rings (SSSR count). The van der Waals surface area contributed by atoms with E-state index in [9.17, 15) is 9.18 Å². The molecule has 100 valence electrons. The number of hydrogen-bond donors (Lipinski definition) is 1. The molecule has 18 heavy (non-hydrogen) atoms. The van der Waals surface area contributed by atoms with Crippen LogP contribution in [0.3, 0.4) is 0 Å². The average molecular weight is 274 g/mol. The second-order valence-corrected chi connectivity index (χ2v) is 4.83. The Morgan fingerprint density at radius 2 is 2.17 bits per heavy atom. The van der Waals surface area contributed by atoms with Gasteiger partial charge in [0.1, 0.15) is 5.82 Å². The Morgan fingerprint density at radius 1 is 1.50 bits per heavy atom. The molecule has 1 aromatic rings. The van der Waals surface area contributed by atoms with E-state index in [2.05, 4.69) is 0 Å². The molecule has 0 atom stereocenters. The first kappa shape index (κ1) is 14.9. The van der Waals surface area contributed by atoms with Gasteiger partial charge in [0.25, 0.3) is 0 Å². The Labute approximate surface area is 111 Å². The molecule has 0 amide bonds. The fraction of sp³-hybridized carbons (Fsp3) is 0.462. The van der Waals surface area contributed by atoms with E-state index >= 15 is 0 Å². The average Bonchev–Trinajstić information content (AvgIpc) is 2.29. The zero-order chi connectivity index (χ0) is 13.7. The molecule has 1 aromatic carbocycles. The third-order valence-corrected chi connectivity index (χ3v) is 3.04.